The molecular formula is C24H26N6O2. The van der Waals surface area contributed by atoms with Gasteiger partial charge in [0, 0.05) is 31.7 Å². The number of anilines is 2. The van der Waals surface area contributed by atoms with Crippen molar-refractivity contribution in [2.75, 3.05) is 49.2 Å². The Kier molecular flexibility index (Phi) is 5.60. The largest absolute Gasteiger partial charge is 0.378 e. The van der Waals surface area contributed by atoms with E-state index in [1.807, 2.05) is 30.3 Å². The first kappa shape index (κ1) is 20.6. The molecule has 32 heavy (non-hydrogen) atoms. The van der Waals surface area contributed by atoms with Crippen LogP contribution >= 0.6 is 0 Å². The van der Waals surface area contributed by atoms with Crippen LogP contribution in [-0.2, 0) is 9.47 Å². The topological polar surface area (TPSA) is 87.4 Å². The Balaban J connectivity index is 1.60. The summed E-state index contributed by atoms with van der Waals surface area (Å²) in [6.45, 7) is 8.59. The van der Waals surface area contributed by atoms with Gasteiger partial charge in [0.2, 0.25) is 5.95 Å². The zero-order valence-electron chi connectivity index (χ0n) is 18.4. The molecule has 0 amide bonds. The van der Waals surface area contributed by atoms with Crippen molar-refractivity contribution in [3.63, 3.8) is 0 Å². The zero-order chi connectivity index (χ0) is 22.1. The molecule has 2 fully saturated rings. The van der Waals surface area contributed by atoms with Gasteiger partial charge >= 0.3 is 0 Å². The van der Waals surface area contributed by atoms with Gasteiger partial charge in [0.05, 0.1) is 48.1 Å². The van der Waals surface area contributed by atoms with Crippen molar-refractivity contribution in [1.82, 2.24) is 15.0 Å². The third-order valence-electron chi connectivity index (χ3n) is 5.85. The lowest BCUT2D eigenvalue weighted by molar-refractivity contribution is -0.00570. The molecule has 164 valence electrons. The van der Waals surface area contributed by atoms with Gasteiger partial charge in [0.15, 0.2) is 5.65 Å². The molecule has 2 atom stereocenters. The van der Waals surface area contributed by atoms with Gasteiger partial charge in [-0.25, -0.2) is 4.98 Å². The second kappa shape index (κ2) is 8.69. The first-order chi connectivity index (χ1) is 15.6. The number of pyridine rings is 1. The van der Waals surface area contributed by atoms with E-state index in [4.69, 9.17) is 29.7 Å². The molecule has 0 saturated carbocycles. The van der Waals surface area contributed by atoms with E-state index in [0.717, 1.165) is 48.6 Å². The Hall–Kier alpha value is -3.28. The predicted molar refractivity (Wildman–Crippen MR) is 123 cm³/mol. The quantitative estimate of drug-likeness (QED) is 0.627. The number of hydrogen-bond acceptors (Lipinski definition) is 8. The number of benzene rings is 1. The van der Waals surface area contributed by atoms with Crippen LogP contribution < -0.4 is 9.80 Å². The molecule has 2 aliphatic heterocycles. The summed E-state index contributed by atoms with van der Waals surface area (Å²) in [6.07, 6.45) is 0.227. The highest BCUT2D eigenvalue weighted by Gasteiger charge is 2.26. The van der Waals surface area contributed by atoms with Crippen LogP contribution in [0.25, 0.3) is 22.3 Å². The van der Waals surface area contributed by atoms with Crippen LogP contribution in [0.5, 0.6) is 0 Å². The van der Waals surface area contributed by atoms with Crippen LogP contribution in [0.15, 0.2) is 36.4 Å². The SMILES string of the molecule is C[C@@H]1CN(c2nc(N3CCOCC3)c3ccc(-c4ccc(C#N)cc4)nc3n2)C[C@H](C)O1. The van der Waals surface area contributed by atoms with Gasteiger partial charge in [-0.2, -0.15) is 15.2 Å². The number of fused-ring (bicyclic) bond motifs is 1. The fourth-order valence-corrected chi connectivity index (χ4v) is 4.36. The van der Waals surface area contributed by atoms with E-state index in [9.17, 15) is 0 Å². The first-order valence-electron chi connectivity index (χ1n) is 11.0. The summed E-state index contributed by atoms with van der Waals surface area (Å²) in [7, 11) is 0. The Morgan fingerprint density at radius 1 is 0.906 bits per heavy atom. The second-order valence-corrected chi connectivity index (χ2v) is 8.37. The molecule has 8 heteroatoms. The van der Waals surface area contributed by atoms with Gasteiger partial charge in [-0.1, -0.05) is 12.1 Å². The number of nitriles is 1. The lowest BCUT2D eigenvalue weighted by Gasteiger charge is -2.36. The van der Waals surface area contributed by atoms with E-state index in [1.165, 1.54) is 0 Å². The number of hydrogen-bond donors (Lipinski definition) is 0. The summed E-state index contributed by atoms with van der Waals surface area (Å²) in [6, 6.07) is 13.7. The highest BCUT2D eigenvalue weighted by Crippen LogP contribution is 2.30. The molecule has 8 nitrogen and oxygen atoms in total. The minimum atomic E-state index is 0.114. The van der Waals surface area contributed by atoms with Crippen molar-refractivity contribution >= 4 is 22.8 Å². The molecule has 3 aromatic rings. The average Bonchev–Trinajstić information content (AvgIpc) is 2.83. The molecule has 2 saturated heterocycles. The molecule has 2 aromatic heterocycles. The predicted octanol–water partition coefficient (Wildman–Crippen LogP) is 3.01. The molecule has 0 aliphatic carbocycles. The molecule has 0 bridgehead atoms. The van der Waals surface area contributed by atoms with Crippen LogP contribution in [0.4, 0.5) is 11.8 Å². The third kappa shape index (κ3) is 4.09. The minimum Gasteiger partial charge on any atom is -0.378 e. The summed E-state index contributed by atoms with van der Waals surface area (Å²) in [5, 5.41) is 10.0. The maximum absolute atomic E-state index is 9.08. The summed E-state index contributed by atoms with van der Waals surface area (Å²) >= 11 is 0. The van der Waals surface area contributed by atoms with Crippen molar-refractivity contribution in [1.29, 1.82) is 5.26 Å². The Labute approximate surface area is 187 Å². The van der Waals surface area contributed by atoms with Crippen molar-refractivity contribution in [3.05, 3.63) is 42.0 Å². The highest BCUT2D eigenvalue weighted by molar-refractivity contribution is 5.90. The van der Waals surface area contributed by atoms with Crippen LogP contribution in [-0.4, -0.2) is 66.6 Å². The minimum absolute atomic E-state index is 0.114. The molecule has 4 heterocycles. The van der Waals surface area contributed by atoms with Gasteiger partial charge in [-0.3, -0.25) is 0 Å². The smallest absolute Gasteiger partial charge is 0.229 e. The number of ether oxygens (including phenoxy) is 2. The molecule has 0 spiro atoms. The second-order valence-electron chi connectivity index (χ2n) is 8.37. The van der Waals surface area contributed by atoms with Crippen LogP contribution in [0.1, 0.15) is 19.4 Å². The summed E-state index contributed by atoms with van der Waals surface area (Å²) in [5.41, 5.74) is 3.07. The monoisotopic (exact) mass is 430 g/mol. The fourth-order valence-electron chi connectivity index (χ4n) is 4.36. The van der Waals surface area contributed by atoms with Gasteiger partial charge in [0.25, 0.3) is 0 Å². The fraction of sp³-hybridized carbons (Fsp3) is 0.417. The molecular weight excluding hydrogens is 404 g/mol. The van der Waals surface area contributed by atoms with E-state index >= 15 is 0 Å². The standard InChI is InChI=1S/C24H26N6O2/c1-16-14-30(15-17(2)32-16)24-27-22-20(23(28-24)29-9-11-31-12-10-29)7-8-21(26-22)19-5-3-18(13-25)4-6-19/h3-8,16-17H,9-12,14-15H2,1-2H3/t16-,17+. The zero-order valence-corrected chi connectivity index (χ0v) is 18.4. The van der Waals surface area contributed by atoms with Gasteiger partial charge < -0.3 is 19.3 Å². The number of morpholine rings is 2. The summed E-state index contributed by atoms with van der Waals surface area (Å²) in [5.74, 6) is 1.59. The van der Waals surface area contributed by atoms with Crippen molar-refractivity contribution in [2.45, 2.75) is 26.1 Å². The summed E-state index contributed by atoms with van der Waals surface area (Å²) < 4.78 is 11.5. The van der Waals surface area contributed by atoms with Crippen molar-refractivity contribution < 1.29 is 9.47 Å². The normalized spacial score (nSPS) is 21.5. The molecule has 5 rings (SSSR count). The molecule has 0 unspecified atom stereocenters. The molecule has 2 aliphatic rings. The average molecular weight is 431 g/mol. The van der Waals surface area contributed by atoms with Crippen LogP contribution in [0.3, 0.4) is 0 Å². The Morgan fingerprint density at radius 2 is 1.62 bits per heavy atom. The van der Waals surface area contributed by atoms with E-state index < -0.39 is 0 Å². The van der Waals surface area contributed by atoms with E-state index in [0.29, 0.717) is 30.4 Å². The number of rotatable bonds is 3. The number of nitrogens with zero attached hydrogens (tertiary/aromatic N) is 6. The maximum Gasteiger partial charge on any atom is 0.229 e. The maximum atomic E-state index is 9.08. The van der Waals surface area contributed by atoms with Crippen LogP contribution in [0.2, 0.25) is 0 Å². The molecule has 0 N–H and O–H groups in total. The molecule has 1 aromatic carbocycles. The highest BCUT2D eigenvalue weighted by atomic mass is 16.5. The molecule has 0 radical (unpaired) electrons. The van der Waals surface area contributed by atoms with E-state index in [2.05, 4.69) is 35.8 Å². The summed E-state index contributed by atoms with van der Waals surface area (Å²) in [4.78, 5) is 19.2. The van der Waals surface area contributed by atoms with Gasteiger partial charge in [0.1, 0.15) is 5.82 Å². The first-order valence-corrected chi connectivity index (χ1v) is 11.0. The van der Waals surface area contributed by atoms with Gasteiger partial charge in [-0.15, -0.1) is 0 Å². The number of aromatic nitrogens is 3. The van der Waals surface area contributed by atoms with Crippen molar-refractivity contribution in [2.24, 2.45) is 0 Å². The lowest BCUT2D eigenvalue weighted by Crippen LogP contribution is -2.46. The van der Waals surface area contributed by atoms with E-state index in [1.54, 1.807) is 0 Å². The van der Waals surface area contributed by atoms with Gasteiger partial charge in [-0.05, 0) is 38.1 Å². The Morgan fingerprint density at radius 3 is 2.31 bits per heavy atom. The van der Waals surface area contributed by atoms with Crippen LogP contribution in [0, 0.1) is 11.3 Å². The third-order valence-corrected chi connectivity index (χ3v) is 5.85. The van der Waals surface area contributed by atoms with E-state index in [-0.39, 0.29) is 12.2 Å². The lowest BCUT2D eigenvalue weighted by atomic mass is 10.1. The van der Waals surface area contributed by atoms with Crippen molar-refractivity contribution in [3.8, 4) is 17.3 Å². The Bertz CT molecular complexity index is 1140.